The first-order valence-electron chi connectivity index (χ1n) is 9.55. The molecule has 0 spiro atoms. The summed E-state index contributed by atoms with van der Waals surface area (Å²) in [5.41, 5.74) is 3.06. The van der Waals surface area contributed by atoms with E-state index in [2.05, 4.69) is 45.0 Å². The van der Waals surface area contributed by atoms with Crippen molar-refractivity contribution in [2.75, 3.05) is 18.5 Å². The van der Waals surface area contributed by atoms with Gasteiger partial charge in [-0.2, -0.15) is 0 Å². The number of carbonyl (C=O) groups is 1. The van der Waals surface area contributed by atoms with Gasteiger partial charge in [0.05, 0.1) is 6.61 Å². The summed E-state index contributed by atoms with van der Waals surface area (Å²) in [6.07, 6.45) is 8.28. The normalized spacial score (nSPS) is 11.0. The predicted molar refractivity (Wildman–Crippen MR) is 116 cm³/mol. The molecule has 0 bridgehead atoms. The molecule has 0 atom stereocenters. The summed E-state index contributed by atoms with van der Waals surface area (Å²) >= 11 is 0. The standard InChI is InChI=1S/C23H22N4O2/c1-2-10-29-11-4-6-22(28)27-21-13-16-7-8-17(12-18(16)14-25-21)20-15-26-23-19(20)5-3-9-24-23/h2-3,5,7-9,12-15H,1,4,6,10-11H2,(H,24,26)(H,25,27,28). The second-order valence-electron chi connectivity index (χ2n) is 6.75. The molecule has 0 fully saturated rings. The van der Waals surface area contributed by atoms with E-state index in [0.29, 0.717) is 31.9 Å². The average Bonchev–Trinajstić information content (AvgIpc) is 3.17. The van der Waals surface area contributed by atoms with E-state index < -0.39 is 0 Å². The minimum Gasteiger partial charge on any atom is -0.377 e. The molecule has 29 heavy (non-hydrogen) atoms. The quantitative estimate of drug-likeness (QED) is 0.340. The van der Waals surface area contributed by atoms with E-state index >= 15 is 0 Å². The number of nitrogens with zero attached hydrogens (tertiary/aromatic N) is 2. The maximum Gasteiger partial charge on any atom is 0.225 e. The number of aromatic amines is 1. The summed E-state index contributed by atoms with van der Waals surface area (Å²) in [6.45, 7) is 4.63. The third-order valence-electron chi connectivity index (χ3n) is 4.68. The van der Waals surface area contributed by atoms with Crippen LogP contribution in [0.15, 0.2) is 67.6 Å². The fourth-order valence-corrected chi connectivity index (χ4v) is 3.28. The average molecular weight is 386 g/mol. The highest BCUT2D eigenvalue weighted by atomic mass is 16.5. The lowest BCUT2D eigenvalue weighted by molar-refractivity contribution is -0.116. The van der Waals surface area contributed by atoms with E-state index in [1.807, 2.05) is 24.4 Å². The monoisotopic (exact) mass is 386 g/mol. The predicted octanol–water partition coefficient (Wildman–Crippen LogP) is 4.70. The van der Waals surface area contributed by atoms with E-state index in [0.717, 1.165) is 32.9 Å². The number of nitrogens with one attached hydrogen (secondary N) is 2. The molecule has 4 aromatic rings. The molecule has 0 aliphatic carbocycles. The van der Waals surface area contributed by atoms with Crippen molar-refractivity contribution in [3.63, 3.8) is 0 Å². The van der Waals surface area contributed by atoms with Crippen LogP contribution in [0.2, 0.25) is 0 Å². The number of rotatable bonds is 8. The number of benzene rings is 1. The number of carbonyl (C=O) groups excluding carboxylic acids is 1. The molecule has 3 aromatic heterocycles. The molecule has 1 aromatic carbocycles. The van der Waals surface area contributed by atoms with Gasteiger partial charge < -0.3 is 15.0 Å². The minimum atomic E-state index is -0.0676. The molecule has 0 unspecified atom stereocenters. The van der Waals surface area contributed by atoms with Crippen molar-refractivity contribution in [2.45, 2.75) is 12.8 Å². The number of hydrogen-bond acceptors (Lipinski definition) is 4. The van der Waals surface area contributed by atoms with E-state index in [-0.39, 0.29) is 5.91 Å². The van der Waals surface area contributed by atoms with Crippen molar-refractivity contribution in [3.05, 3.63) is 67.6 Å². The highest BCUT2D eigenvalue weighted by Crippen LogP contribution is 2.30. The van der Waals surface area contributed by atoms with Crippen molar-refractivity contribution in [1.82, 2.24) is 15.0 Å². The number of H-pyrrole nitrogens is 1. The highest BCUT2D eigenvalue weighted by Gasteiger charge is 2.09. The Morgan fingerprint density at radius 2 is 2.14 bits per heavy atom. The second-order valence-corrected chi connectivity index (χ2v) is 6.75. The molecule has 146 valence electrons. The third-order valence-corrected chi connectivity index (χ3v) is 4.68. The Hall–Kier alpha value is -3.51. The molecule has 0 radical (unpaired) electrons. The molecule has 6 nitrogen and oxygen atoms in total. The lowest BCUT2D eigenvalue weighted by Gasteiger charge is -2.07. The van der Waals surface area contributed by atoms with Crippen LogP contribution < -0.4 is 5.32 Å². The Labute approximate surface area is 168 Å². The summed E-state index contributed by atoms with van der Waals surface area (Å²) in [7, 11) is 0. The molecule has 0 aliphatic heterocycles. The van der Waals surface area contributed by atoms with Crippen molar-refractivity contribution in [1.29, 1.82) is 0 Å². The topological polar surface area (TPSA) is 79.9 Å². The molecule has 3 heterocycles. The summed E-state index contributed by atoms with van der Waals surface area (Å²) in [5.74, 6) is 0.487. The SMILES string of the molecule is C=CCOCCCC(=O)Nc1cc2ccc(-c3c[nH]c4ncccc34)cc2cn1. The zero-order chi connectivity index (χ0) is 20.1. The first-order chi connectivity index (χ1) is 14.2. The van der Waals surface area contributed by atoms with Gasteiger partial charge in [0, 0.05) is 48.0 Å². The van der Waals surface area contributed by atoms with Crippen LogP contribution in [0.4, 0.5) is 5.82 Å². The zero-order valence-electron chi connectivity index (χ0n) is 16.0. The number of aromatic nitrogens is 3. The van der Waals surface area contributed by atoms with Crippen LogP contribution in [0.1, 0.15) is 12.8 Å². The Kier molecular flexibility index (Phi) is 5.63. The van der Waals surface area contributed by atoms with Gasteiger partial charge in [0.1, 0.15) is 11.5 Å². The van der Waals surface area contributed by atoms with Gasteiger partial charge in [0.2, 0.25) is 5.91 Å². The molecule has 6 heteroatoms. The zero-order valence-corrected chi connectivity index (χ0v) is 16.0. The first-order valence-corrected chi connectivity index (χ1v) is 9.55. The van der Waals surface area contributed by atoms with Gasteiger partial charge in [-0.3, -0.25) is 4.79 Å². The van der Waals surface area contributed by atoms with Crippen LogP contribution in [-0.2, 0) is 9.53 Å². The molecule has 4 rings (SSSR count). The van der Waals surface area contributed by atoms with E-state index in [4.69, 9.17) is 4.74 Å². The summed E-state index contributed by atoms with van der Waals surface area (Å²) in [5, 5.41) is 5.97. The van der Waals surface area contributed by atoms with Crippen LogP contribution in [0.5, 0.6) is 0 Å². The number of pyridine rings is 2. The van der Waals surface area contributed by atoms with Gasteiger partial charge in [-0.05, 0) is 41.6 Å². The molecule has 0 saturated carbocycles. The molecular formula is C23H22N4O2. The van der Waals surface area contributed by atoms with Crippen molar-refractivity contribution in [2.24, 2.45) is 0 Å². The fraction of sp³-hybridized carbons (Fsp3) is 0.174. The highest BCUT2D eigenvalue weighted by molar-refractivity contribution is 5.98. The Morgan fingerprint density at radius 1 is 1.21 bits per heavy atom. The molecule has 0 saturated heterocycles. The fourth-order valence-electron chi connectivity index (χ4n) is 3.28. The number of anilines is 1. The van der Waals surface area contributed by atoms with Crippen molar-refractivity contribution in [3.8, 4) is 11.1 Å². The summed E-state index contributed by atoms with van der Waals surface area (Å²) < 4.78 is 5.29. The smallest absolute Gasteiger partial charge is 0.225 e. The Morgan fingerprint density at radius 3 is 3.03 bits per heavy atom. The molecule has 1 amide bonds. The largest absolute Gasteiger partial charge is 0.377 e. The molecule has 0 aliphatic rings. The first kappa shape index (κ1) is 18.8. The number of fused-ring (bicyclic) bond motifs is 2. The number of hydrogen-bond donors (Lipinski definition) is 2. The number of ether oxygens (including phenoxy) is 1. The summed E-state index contributed by atoms with van der Waals surface area (Å²) in [6, 6.07) is 12.1. The molecule has 2 N–H and O–H groups in total. The van der Waals surface area contributed by atoms with E-state index in [9.17, 15) is 4.79 Å². The van der Waals surface area contributed by atoms with Crippen molar-refractivity contribution >= 4 is 33.5 Å². The van der Waals surface area contributed by atoms with Gasteiger partial charge in [0.25, 0.3) is 0 Å². The van der Waals surface area contributed by atoms with E-state index in [1.165, 1.54) is 0 Å². The van der Waals surface area contributed by atoms with E-state index in [1.54, 1.807) is 18.5 Å². The van der Waals surface area contributed by atoms with Gasteiger partial charge in [-0.25, -0.2) is 9.97 Å². The van der Waals surface area contributed by atoms with Crippen molar-refractivity contribution < 1.29 is 9.53 Å². The second kappa shape index (κ2) is 8.67. The van der Waals surface area contributed by atoms with Crippen LogP contribution in [0.3, 0.4) is 0 Å². The van der Waals surface area contributed by atoms with Crippen LogP contribution in [0.25, 0.3) is 32.9 Å². The lowest BCUT2D eigenvalue weighted by atomic mass is 10.0. The number of amides is 1. The van der Waals surface area contributed by atoms with Gasteiger partial charge in [-0.15, -0.1) is 6.58 Å². The third kappa shape index (κ3) is 4.33. The Bertz CT molecular complexity index is 1170. The van der Waals surface area contributed by atoms with Gasteiger partial charge >= 0.3 is 0 Å². The van der Waals surface area contributed by atoms with Gasteiger partial charge in [-0.1, -0.05) is 18.2 Å². The Balaban J connectivity index is 1.47. The minimum absolute atomic E-state index is 0.0676. The van der Waals surface area contributed by atoms with Crippen LogP contribution >= 0.6 is 0 Å². The lowest BCUT2D eigenvalue weighted by Crippen LogP contribution is -2.13. The maximum atomic E-state index is 12.1. The van der Waals surface area contributed by atoms with Crippen LogP contribution in [0, 0.1) is 0 Å². The summed E-state index contributed by atoms with van der Waals surface area (Å²) in [4.78, 5) is 24.0. The maximum absolute atomic E-state index is 12.1. The van der Waals surface area contributed by atoms with Crippen LogP contribution in [-0.4, -0.2) is 34.1 Å². The van der Waals surface area contributed by atoms with Gasteiger partial charge in [0.15, 0.2) is 0 Å². The molecular weight excluding hydrogens is 364 g/mol.